The number of benzene rings is 1. The van der Waals surface area contributed by atoms with Gasteiger partial charge in [0.05, 0.1) is 0 Å². The van der Waals surface area contributed by atoms with Crippen LogP contribution in [0.15, 0.2) is 24.3 Å². The summed E-state index contributed by atoms with van der Waals surface area (Å²) < 4.78 is 24.6. The lowest BCUT2D eigenvalue weighted by molar-refractivity contribution is 0.188. The van der Waals surface area contributed by atoms with Crippen molar-refractivity contribution in [2.75, 3.05) is 13.2 Å². The smallest absolute Gasteiger partial charge is 0.334 e. The predicted octanol–water partition coefficient (Wildman–Crippen LogP) is 4.29. The normalized spacial score (nSPS) is 11.8. The number of aryl methyl sites for hydroxylation is 1. The molecule has 4 heteroatoms. The van der Waals surface area contributed by atoms with Gasteiger partial charge < -0.3 is 8.85 Å². The van der Waals surface area contributed by atoms with Gasteiger partial charge in [-0.05, 0) is 57.0 Å². The van der Waals surface area contributed by atoms with Crippen LogP contribution in [-0.2, 0) is 15.3 Å². The van der Waals surface area contributed by atoms with Crippen molar-refractivity contribution >= 4 is 8.56 Å². The van der Waals surface area contributed by atoms with E-state index in [1.807, 2.05) is 19.9 Å². The Balaban J connectivity index is 2.32. The van der Waals surface area contributed by atoms with Crippen LogP contribution >= 0.6 is 0 Å². The summed E-state index contributed by atoms with van der Waals surface area (Å²) in [5, 5.41) is 0. The minimum atomic E-state index is -1.97. The van der Waals surface area contributed by atoms with E-state index in [9.17, 15) is 4.39 Å². The van der Waals surface area contributed by atoms with E-state index in [0.29, 0.717) is 13.2 Å². The topological polar surface area (TPSA) is 18.5 Å². The van der Waals surface area contributed by atoms with Gasteiger partial charge >= 0.3 is 8.56 Å². The Kier molecular flexibility index (Phi) is 7.27. The summed E-state index contributed by atoms with van der Waals surface area (Å²) in [5.41, 5.74) is 1.07. The van der Waals surface area contributed by atoms with Crippen LogP contribution in [0.2, 0.25) is 12.6 Å². The van der Waals surface area contributed by atoms with Crippen LogP contribution < -0.4 is 0 Å². The first-order valence-electron chi connectivity index (χ1n) is 7.12. The molecule has 0 aliphatic carbocycles. The highest BCUT2D eigenvalue weighted by molar-refractivity contribution is 6.66. The fourth-order valence-corrected chi connectivity index (χ4v) is 4.75. The average molecular weight is 284 g/mol. The first kappa shape index (κ1) is 16.3. The molecule has 19 heavy (non-hydrogen) atoms. The molecular weight excluding hydrogens is 259 g/mol. The molecule has 0 heterocycles. The molecule has 1 rings (SSSR count). The maximum Gasteiger partial charge on any atom is 0.334 e. The van der Waals surface area contributed by atoms with Crippen molar-refractivity contribution in [1.82, 2.24) is 0 Å². The molecule has 108 valence electrons. The second-order valence-electron chi connectivity index (χ2n) is 4.84. The zero-order valence-electron chi connectivity index (χ0n) is 12.2. The second kappa shape index (κ2) is 8.46. The first-order valence-corrected chi connectivity index (χ1v) is 9.64. The number of hydrogen-bond donors (Lipinski definition) is 0. The molecule has 0 N–H and O–H groups in total. The molecule has 0 atom stereocenters. The van der Waals surface area contributed by atoms with Crippen LogP contribution in [0.1, 0.15) is 32.3 Å². The average Bonchev–Trinajstić information content (AvgIpc) is 2.35. The molecule has 1 aromatic carbocycles. The Morgan fingerprint density at radius 2 is 1.79 bits per heavy atom. The van der Waals surface area contributed by atoms with E-state index in [1.165, 1.54) is 6.07 Å². The summed E-state index contributed by atoms with van der Waals surface area (Å²) in [6, 6.07) is 7.85. The largest absolute Gasteiger partial charge is 0.395 e. The van der Waals surface area contributed by atoms with Crippen LogP contribution in [0.5, 0.6) is 0 Å². The summed E-state index contributed by atoms with van der Waals surface area (Å²) in [6.45, 7) is 7.58. The first-order chi connectivity index (χ1) is 9.09. The van der Waals surface area contributed by atoms with Gasteiger partial charge in [-0.2, -0.15) is 0 Å². The van der Waals surface area contributed by atoms with Crippen molar-refractivity contribution in [2.24, 2.45) is 0 Å². The van der Waals surface area contributed by atoms with Gasteiger partial charge in [0.2, 0.25) is 0 Å². The number of hydrogen-bond acceptors (Lipinski definition) is 2. The standard InChI is InChI=1S/C15H25FO2Si/c1-4-17-19(3,18-5-2)12-7-6-9-14-10-8-11-15(16)13-14/h8,10-11,13H,4-7,9,12H2,1-3H3. The van der Waals surface area contributed by atoms with E-state index in [-0.39, 0.29) is 5.82 Å². The third-order valence-corrected chi connectivity index (χ3v) is 6.20. The van der Waals surface area contributed by atoms with Gasteiger partial charge in [-0.15, -0.1) is 0 Å². The quantitative estimate of drug-likeness (QED) is 0.497. The summed E-state index contributed by atoms with van der Waals surface area (Å²) in [4.78, 5) is 0. The zero-order chi connectivity index (χ0) is 14.1. The molecule has 0 radical (unpaired) electrons. The molecule has 0 fully saturated rings. The van der Waals surface area contributed by atoms with Crippen LogP contribution in [-0.4, -0.2) is 21.8 Å². The maximum atomic E-state index is 13.0. The van der Waals surface area contributed by atoms with Gasteiger partial charge in [0.25, 0.3) is 0 Å². The highest BCUT2D eigenvalue weighted by Crippen LogP contribution is 2.18. The minimum absolute atomic E-state index is 0.152. The van der Waals surface area contributed by atoms with Gasteiger partial charge in [0.15, 0.2) is 0 Å². The molecule has 0 aliphatic heterocycles. The SMILES string of the molecule is CCO[Si](C)(CCCCc1cccc(F)c1)OCC. The summed E-state index contributed by atoms with van der Waals surface area (Å²) in [6.07, 6.45) is 3.03. The number of halogens is 1. The minimum Gasteiger partial charge on any atom is -0.395 e. The molecule has 0 aromatic heterocycles. The summed E-state index contributed by atoms with van der Waals surface area (Å²) in [7, 11) is -1.97. The van der Waals surface area contributed by atoms with Crippen LogP contribution in [0, 0.1) is 5.82 Å². The molecule has 1 aromatic rings. The van der Waals surface area contributed by atoms with Crippen LogP contribution in [0.25, 0.3) is 0 Å². The van der Waals surface area contributed by atoms with E-state index in [4.69, 9.17) is 8.85 Å². The lowest BCUT2D eigenvalue weighted by Gasteiger charge is -2.25. The lowest BCUT2D eigenvalue weighted by Crippen LogP contribution is -2.38. The van der Waals surface area contributed by atoms with Crippen molar-refractivity contribution in [3.05, 3.63) is 35.6 Å². The van der Waals surface area contributed by atoms with Crippen molar-refractivity contribution < 1.29 is 13.2 Å². The van der Waals surface area contributed by atoms with Gasteiger partial charge in [0.1, 0.15) is 5.82 Å². The molecular formula is C15H25FO2Si. The molecule has 0 unspecified atom stereocenters. The summed E-state index contributed by atoms with van der Waals surface area (Å²) in [5.74, 6) is -0.152. The number of rotatable bonds is 9. The monoisotopic (exact) mass is 284 g/mol. The van der Waals surface area contributed by atoms with Crippen molar-refractivity contribution in [1.29, 1.82) is 0 Å². The maximum absolute atomic E-state index is 13.0. The lowest BCUT2D eigenvalue weighted by atomic mass is 10.1. The number of unbranched alkanes of at least 4 members (excludes halogenated alkanes) is 1. The molecule has 0 amide bonds. The highest BCUT2D eigenvalue weighted by Gasteiger charge is 2.29. The van der Waals surface area contributed by atoms with Crippen molar-refractivity contribution in [3.8, 4) is 0 Å². The third-order valence-electron chi connectivity index (χ3n) is 3.13. The summed E-state index contributed by atoms with van der Waals surface area (Å²) >= 11 is 0. The highest BCUT2D eigenvalue weighted by atomic mass is 28.4. The van der Waals surface area contributed by atoms with Gasteiger partial charge in [0, 0.05) is 13.2 Å². The van der Waals surface area contributed by atoms with E-state index in [1.54, 1.807) is 12.1 Å². The van der Waals surface area contributed by atoms with Crippen molar-refractivity contribution in [2.45, 2.75) is 45.7 Å². The van der Waals surface area contributed by atoms with Crippen LogP contribution in [0.3, 0.4) is 0 Å². The van der Waals surface area contributed by atoms with Crippen LogP contribution in [0.4, 0.5) is 4.39 Å². The Morgan fingerprint density at radius 1 is 1.11 bits per heavy atom. The Bertz CT molecular complexity index is 365. The third kappa shape index (κ3) is 6.32. The Morgan fingerprint density at radius 3 is 2.37 bits per heavy atom. The Hall–Kier alpha value is -0.713. The van der Waals surface area contributed by atoms with E-state index < -0.39 is 8.56 Å². The molecule has 0 aliphatic rings. The van der Waals surface area contributed by atoms with Gasteiger partial charge in [-0.3, -0.25) is 0 Å². The van der Waals surface area contributed by atoms with E-state index >= 15 is 0 Å². The molecule has 0 saturated heterocycles. The van der Waals surface area contributed by atoms with E-state index in [0.717, 1.165) is 30.9 Å². The zero-order valence-corrected chi connectivity index (χ0v) is 13.2. The fourth-order valence-electron chi connectivity index (χ4n) is 2.26. The van der Waals surface area contributed by atoms with Gasteiger partial charge in [-0.25, -0.2) is 4.39 Å². The molecule has 0 bridgehead atoms. The predicted molar refractivity (Wildman–Crippen MR) is 79.0 cm³/mol. The Labute approximate surface area is 117 Å². The fraction of sp³-hybridized carbons (Fsp3) is 0.600. The van der Waals surface area contributed by atoms with Crippen molar-refractivity contribution in [3.63, 3.8) is 0 Å². The molecule has 0 spiro atoms. The van der Waals surface area contributed by atoms with E-state index in [2.05, 4.69) is 6.55 Å². The second-order valence-corrected chi connectivity index (χ2v) is 8.18. The molecule has 0 saturated carbocycles. The van der Waals surface area contributed by atoms with Gasteiger partial charge in [-0.1, -0.05) is 18.6 Å². The molecule has 2 nitrogen and oxygen atoms in total.